The summed E-state index contributed by atoms with van der Waals surface area (Å²) in [5.74, 6) is -0.00931. The molecule has 1 fully saturated rings. The fourth-order valence-electron chi connectivity index (χ4n) is 4.11. The number of furan rings is 1. The van der Waals surface area contributed by atoms with E-state index in [1.807, 2.05) is 31.2 Å². The van der Waals surface area contributed by atoms with Crippen LogP contribution in [0.25, 0.3) is 5.76 Å². The van der Waals surface area contributed by atoms with E-state index in [-0.39, 0.29) is 17.9 Å². The molecule has 176 valence electrons. The molecule has 1 saturated heterocycles. The minimum atomic E-state index is -0.734. The molecule has 0 saturated carbocycles. The number of hydrogen-bond acceptors (Lipinski definition) is 5. The zero-order valence-electron chi connectivity index (χ0n) is 19.7. The minimum absolute atomic E-state index is 0.0658. The third kappa shape index (κ3) is 4.62. The van der Waals surface area contributed by atoms with Gasteiger partial charge in [0.1, 0.15) is 17.3 Å². The Balaban J connectivity index is 1.77. The fourth-order valence-corrected chi connectivity index (χ4v) is 4.11. The molecule has 1 aliphatic heterocycles. The van der Waals surface area contributed by atoms with Crippen LogP contribution >= 0.6 is 0 Å². The first-order chi connectivity index (χ1) is 16.4. The lowest BCUT2D eigenvalue weighted by Gasteiger charge is -2.25. The van der Waals surface area contributed by atoms with Gasteiger partial charge in [0.25, 0.3) is 11.7 Å². The highest BCUT2D eigenvalue weighted by Gasteiger charge is 2.46. The van der Waals surface area contributed by atoms with Crippen LogP contribution in [0.1, 0.15) is 61.6 Å². The minimum Gasteiger partial charge on any atom is -0.507 e. The van der Waals surface area contributed by atoms with Crippen molar-refractivity contribution < 1.29 is 23.8 Å². The highest BCUT2D eigenvalue weighted by Crippen LogP contribution is 2.40. The maximum Gasteiger partial charge on any atom is 0.296 e. The molecule has 1 unspecified atom stereocenters. The monoisotopic (exact) mass is 459 g/mol. The summed E-state index contributed by atoms with van der Waals surface area (Å²) in [6.07, 6.45) is 2.41. The molecule has 6 nitrogen and oxygen atoms in total. The lowest BCUT2D eigenvalue weighted by atomic mass is 9.93. The summed E-state index contributed by atoms with van der Waals surface area (Å²) in [6.45, 7) is 6.94. The average molecular weight is 460 g/mol. The van der Waals surface area contributed by atoms with E-state index in [1.54, 1.807) is 36.4 Å². The number of carbonyl (C=O) groups is 2. The molecule has 1 amide bonds. The number of ketones is 1. The predicted molar refractivity (Wildman–Crippen MR) is 129 cm³/mol. The summed E-state index contributed by atoms with van der Waals surface area (Å²) < 4.78 is 11.1. The summed E-state index contributed by atoms with van der Waals surface area (Å²) >= 11 is 0. The summed E-state index contributed by atoms with van der Waals surface area (Å²) in [5, 5.41) is 11.2. The first-order valence-electron chi connectivity index (χ1n) is 11.5. The van der Waals surface area contributed by atoms with E-state index in [0.29, 0.717) is 29.6 Å². The van der Waals surface area contributed by atoms with Crippen LogP contribution in [-0.4, -0.2) is 28.3 Å². The number of aliphatic hydroxyl groups excluding tert-OH is 1. The van der Waals surface area contributed by atoms with E-state index >= 15 is 0 Å². The third-order valence-corrected chi connectivity index (χ3v) is 5.97. The normalized spacial score (nSPS) is 17.5. The molecule has 2 aromatic carbocycles. The third-order valence-electron chi connectivity index (χ3n) is 5.97. The Labute approximate surface area is 199 Å². The quantitative estimate of drug-likeness (QED) is 0.261. The number of hydrogen-bond donors (Lipinski definition) is 1. The molecule has 1 atom stereocenters. The van der Waals surface area contributed by atoms with Crippen molar-refractivity contribution in [1.82, 2.24) is 4.90 Å². The summed E-state index contributed by atoms with van der Waals surface area (Å²) in [4.78, 5) is 27.7. The Kier molecular flexibility index (Phi) is 6.87. The zero-order chi connectivity index (χ0) is 24.2. The molecule has 0 aliphatic carbocycles. The highest BCUT2D eigenvalue weighted by atomic mass is 16.5. The number of likely N-dealkylation sites (tertiary alicyclic amines) is 1. The standard InChI is InChI=1S/C28H29NO5/c1-4-15-33-22-13-11-21(12-14-22)26(30)24-25(20-9-7-19(8-10-20)18(2)3)29(28(32)27(24)31)17-23-6-5-16-34-23/h5-14,16,18,25,30H,4,15,17H2,1-3H3/b26-24-. The van der Waals surface area contributed by atoms with Crippen molar-refractivity contribution in [2.45, 2.75) is 45.7 Å². The molecule has 1 aliphatic rings. The lowest BCUT2D eigenvalue weighted by molar-refractivity contribution is -0.140. The van der Waals surface area contributed by atoms with Crippen LogP contribution in [0.2, 0.25) is 0 Å². The molecule has 34 heavy (non-hydrogen) atoms. The SMILES string of the molecule is CCCOc1ccc(/C(O)=C2/C(=O)C(=O)N(Cc3ccco3)C2c2ccc(C(C)C)cc2)cc1. The molecule has 4 rings (SSSR count). The van der Waals surface area contributed by atoms with Crippen LogP contribution in [0, 0.1) is 0 Å². The molecule has 3 aromatic rings. The first kappa shape index (κ1) is 23.4. The van der Waals surface area contributed by atoms with E-state index in [1.165, 1.54) is 11.2 Å². The van der Waals surface area contributed by atoms with Gasteiger partial charge in [-0.1, -0.05) is 45.0 Å². The van der Waals surface area contributed by atoms with Crippen LogP contribution in [0.15, 0.2) is 76.9 Å². The maximum absolute atomic E-state index is 13.2. The number of ether oxygens (including phenoxy) is 1. The zero-order valence-corrected chi connectivity index (χ0v) is 19.7. The van der Waals surface area contributed by atoms with Crippen LogP contribution in [0.5, 0.6) is 5.75 Å². The van der Waals surface area contributed by atoms with Gasteiger partial charge in [-0.15, -0.1) is 0 Å². The van der Waals surface area contributed by atoms with E-state index in [2.05, 4.69) is 13.8 Å². The smallest absolute Gasteiger partial charge is 0.296 e. The van der Waals surface area contributed by atoms with Gasteiger partial charge in [0, 0.05) is 5.56 Å². The summed E-state index contributed by atoms with van der Waals surface area (Å²) in [6, 6.07) is 17.5. The second-order valence-electron chi connectivity index (χ2n) is 8.70. The van der Waals surface area contributed by atoms with Crippen molar-refractivity contribution in [2.75, 3.05) is 6.61 Å². The van der Waals surface area contributed by atoms with Gasteiger partial charge >= 0.3 is 0 Å². The van der Waals surface area contributed by atoms with Crippen LogP contribution in [-0.2, 0) is 16.1 Å². The van der Waals surface area contributed by atoms with Crippen LogP contribution in [0.4, 0.5) is 0 Å². The van der Waals surface area contributed by atoms with Gasteiger partial charge in [0.15, 0.2) is 0 Å². The average Bonchev–Trinajstić information content (AvgIpc) is 3.45. The number of nitrogens with zero attached hydrogens (tertiary/aromatic N) is 1. The van der Waals surface area contributed by atoms with E-state index in [9.17, 15) is 14.7 Å². The van der Waals surface area contributed by atoms with Gasteiger partial charge in [-0.25, -0.2) is 0 Å². The van der Waals surface area contributed by atoms with Gasteiger partial charge in [0.05, 0.1) is 31.0 Å². The van der Waals surface area contributed by atoms with Crippen molar-refractivity contribution in [2.24, 2.45) is 0 Å². The number of carbonyl (C=O) groups excluding carboxylic acids is 2. The Morgan fingerprint density at radius 2 is 1.76 bits per heavy atom. The molecule has 0 bridgehead atoms. The molecule has 0 spiro atoms. The first-order valence-corrected chi connectivity index (χ1v) is 11.5. The van der Waals surface area contributed by atoms with Crippen molar-refractivity contribution in [1.29, 1.82) is 0 Å². The Hall–Kier alpha value is -3.80. The molecule has 1 aromatic heterocycles. The topological polar surface area (TPSA) is 80.0 Å². The number of rotatable bonds is 8. The van der Waals surface area contributed by atoms with E-state index in [4.69, 9.17) is 9.15 Å². The van der Waals surface area contributed by atoms with Crippen LogP contribution < -0.4 is 4.74 Å². The predicted octanol–water partition coefficient (Wildman–Crippen LogP) is 5.81. The number of aliphatic hydroxyl groups is 1. The van der Waals surface area contributed by atoms with Gasteiger partial charge in [-0.3, -0.25) is 9.59 Å². The molecular formula is C28H29NO5. The number of benzene rings is 2. The maximum atomic E-state index is 13.2. The number of Topliss-reactive ketones (excluding diaryl/α,β-unsaturated/α-hetero) is 1. The van der Waals surface area contributed by atoms with Crippen LogP contribution in [0.3, 0.4) is 0 Å². The molecule has 1 N–H and O–H groups in total. The summed E-state index contributed by atoms with van der Waals surface area (Å²) in [7, 11) is 0. The van der Waals surface area contributed by atoms with Crippen molar-refractivity contribution in [3.8, 4) is 5.75 Å². The fraction of sp³-hybridized carbons (Fsp3) is 0.286. The van der Waals surface area contributed by atoms with E-state index < -0.39 is 17.7 Å². The second-order valence-corrected chi connectivity index (χ2v) is 8.70. The Morgan fingerprint density at radius 1 is 1.06 bits per heavy atom. The van der Waals surface area contributed by atoms with Crippen molar-refractivity contribution in [3.63, 3.8) is 0 Å². The Bertz CT molecular complexity index is 1170. The molecule has 6 heteroatoms. The summed E-state index contributed by atoms with van der Waals surface area (Å²) in [5.41, 5.74) is 2.41. The largest absolute Gasteiger partial charge is 0.507 e. The van der Waals surface area contributed by atoms with Crippen molar-refractivity contribution in [3.05, 3.63) is 95.0 Å². The van der Waals surface area contributed by atoms with Gasteiger partial charge in [-0.05, 0) is 59.9 Å². The molecule has 2 heterocycles. The Morgan fingerprint density at radius 3 is 2.35 bits per heavy atom. The number of amides is 1. The van der Waals surface area contributed by atoms with Gasteiger partial charge in [-0.2, -0.15) is 0 Å². The second kappa shape index (κ2) is 10.00. The van der Waals surface area contributed by atoms with E-state index in [0.717, 1.165) is 17.5 Å². The highest BCUT2D eigenvalue weighted by molar-refractivity contribution is 6.46. The lowest BCUT2D eigenvalue weighted by Crippen LogP contribution is -2.29. The molecule has 0 radical (unpaired) electrons. The van der Waals surface area contributed by atoms with Gasteiger partial charge < -0.3 is 19.2 Å². The van der Waals surface area contributed by atoms with Gasteiger partial charge in [0.2, 0.25) is 0 Å². The molecular weight excluding hydrogens is 430 g/mol. The van der Waals surface area contributed by atoms with Crippen molar-refractivity contribution >= 4 is 17.4 Å².